The second-order valence-corrected chi connectivity index (χ2v) is 6.79. The molecule has 0 aliphatic heterocycles. The van der Waals surface area contributed by atoms with Crippen LogP contribution in [-0.4, -0.2) is 0 Å². The summed E-state index contributed by atoms with van der Waals surface area (Å²) in [5.74, 6) is 0. The molecule has 0 radical (unpaired) electrons. The molecule has 0 rings (SSSR count). The minimum Gasteiger partial charge on any atom is -0.205 e. The molecule has 0 saturated carbocycles. The van der Waals surface area contributed by atoms with Gasteiger partial charge >= 0.3 is 0 Å². The average molecular weight is 238 g/mol. The molecule has 2 heteroatoms. The number of allylic oxidation sites excluding steroid dienone is 1. The van der Waals surface area contributed by atoms with E-state index in [1.165, 1.54) is 25.7 Å². The second kappa shape index (κ2) is 6.93. The predicted octanol–water partition coefficient (Wildman–Crippen LogP) is 5.94. The molecule has 0 aromatic rings. The smallest absolute Gasteiger partial charge is 0.0552 e. The summed E-state index contributed by atoms with van der Waals surface area (Å²) >= 11 is 0. The second-order valence-electron chi connectivity index (χ2n) is 6.79. The highest BCUT2D eigenvalue weighted by molar-refractivity contribution is 4.91. The molecular formula is C15H30N2. The van der Waals surface area contributed by atoms with Crippen molar-refractivity contribution >= 4 is 0 Å². The van der Waals surface area contributed by atoms with Gasteiger partial charge in [0.15, 0.2) is 0 Å². The number of nitrogens with one attached hydrogen (secondary N) is 1. The molecule has 2 nitrogen and oxygen atoms in total. The maximum atomic E-state index is 6.91. The molecule has 0 aromatic heterocycles. The normalized spacial score (nSPS) is 12.5. The Labute approximate surface area is 107 Å². The van der Waals surface area contributed by atoms with Crippen molar-refractivity contribution in [2.24, 2.45) is 15.9 Å². The quantitative estimate of drug-likeness (QED) is 0.482. The summed E-state index contributed by atoms with van der Waals surface area (Å²) in [6.07, 6.45) is 7.04. The van der Waals surface area contributed by atoms with Crippen LogP contribution >= 0.6 is 0 Å². The molecule has 0 aliphatic carbocycles. The van der Waals surface area contributed by atoms with Gasteiger partial charge in [-0.2, -0.15) is 5.11 Å². The van der Waals surface area contributed by atoms with E-state index in [9.17, 15) is 0 Å². The Balaban J connectivity index is 4.21. The van der Waals surface area contributed by atoms with E-state index < -0.39 is 0 Å². The van der Waals surface area contributed by atoms with Crippen LogP contribution in [0.4, 0.5) is 0 Å². The van der Waals surface area contributed by atoms with E-state index in [1.807, 2.05) is 0 Å². The lowest BCUT2D eigenvalue weighted by Gasteiger charge is -2.35. The van der Waals surface area contributed by atoms with E-state index >= 15 is 0 Å². The lowest BCUT2D eigenvalue weighted by atomic mass is 9.71. The zero-order chi connectivity index (χ0) is 13.5. The van der Waals surface area contributed by atoms with Crippen LogP contribution in [-0.2, 0) is 0 Å². The van der Waals surface area contributed by atoms with E-state index in [0.29, 0.717) is 16.5 Å². The number of hydrogen-bond donors (Lipinski definition) is 1. The largest absolute Gasteiger partial charge is 0.205 e. The number of rotatable bonds is 9. The van der Waals surface area contributed by atoms with Crippen molar-refractivity contribution in [3.05, 3.63) is 12.3 Å². The lowest BCUT2D eigenvalue weighted by Crippen LogP contribution is -2.23. The van der Waals surface area contributed by atoms with Crippen molar-refractivity contribution in [2.75, 3.05) is 0 Å². The van der Waals surface area contributed by atoms with Crippen molar-refractivity contribution in [3.8, 4) is 0 Å². The standard InChI is InChI=1S/C15H30N2/c1-7-8-10-14(3,4)12-15(5,6)11-9-13(2)17-16/h16H,2,7-12H2,1,3-6H3. The van der Waals surface area contributed by atoms with E-state index in [0.717, 1.165) is 12.8 Å². The number of unbranched alkanes of at least 4 members (excludes halogenated alkanes) is 1. The molecule has 0 aromatic carbocycles. The predicted molar refractivity (Wildman–Crippen MR) is 75.2 cm³/mol. The van der Waals surface area contributed by atoms with Crippen molar-refractivity contribution in [3.63, 3.8) is 0 Å². The summed E-state index contributed by atoms with van der Waals surface area (Å²) in [6.45, 7) is 15.4. The molecule has 0 aliphatic rings. The Morgan fingerprint density at radius 3 is 2.12 bits per heavy atom. The van der Waals surface area contributed by atoms with E-state index in [4.69, 9.17) is 5.53 Å². The Morgan fingerprint density at radius 1 is 1.12 bits per heavy atom. The van der Waals surface area contributed by atoms with Gasteiger partial charge < -0.3 is 0 Å². The van der Waals surface area contributed by atoms with Crippen molar-refractivity contribution in [1.29, 1.82) is 5.53 Å². The average Bonchev–Trinajstić information content (AvgIpc) is 2.22. The molecule has 0 fully saturated rings. The van der Waals surface area contributed by atoms with Crippen LogP contribution in [0.2, 0.25) is 0 Å². The monoisotopic (exact) mass is 238 g/mol. The molecule has 0 atom stereocenters. The first-order valence-corrected chi connectivity index (χ1v) is 6.78. The highest BCUT2D eigenvalue weighted by Gasteiger charge is 2.28. The van der Waals surface area contributed by atoms with Crippen LogP contribution in [0.25, 0.3) is 0 Å². The highest BCUT2D eigenvalue weighted by Crippen LogP contribution is 2.40. The summed E-state index contributed by atoms with van der Waals surface area (Å²) in [7, 11) is 0. The van der Waals surface area contributed by atoms with Gasteiger partial charge in [-0.25, -0.2) is 5.53 Å². The van der Waals surface area contributed by atoms with Crippen LogP contribution < -0.4 is 0 Å². The molecule has 17 heavy (non-hydrogen) atoms. The molecule has 0 bridgehead atoms. The first kappa shape index (κ1) is 16.3. The maximum absolute atomic E-state index is 6.91. The Kier molecular flexibility index (Phi) is 6.66. The van der Waals surface area contributed by atoms with Crippen LogP contribution in [0.3, 0.4) is 0 Å². The third kappa shape index (κ3) is 8.12. The molecule has 0 amide bonds. The van der Waals surface area contributed by atoms with Crippen molar-refractivity contribution < 1.29 is 0 Å². The Hall–Kier alpha value is -0.660. The molecule has 100 valence electrons. The van der Waals surface area contributed by atoms with Crippen LogP contribution in [0.5, 0.6) is 0 Å². The summed E-state index contributed by atoms with van der Waals surface area (Å²) < 4.78 is 0. The molecular weight excluding hydrogens is 208 g/mol. The minimum atomic E-state index is 0.310. The van der Waals surface area contributed by atoms with Crippen LogP contribution in [0.1, 0.15) is 73.1 Å². The van der Waals surface area contributed by atoms with Crippen LogP contribution in [0, 0.1) is 16.4 Å². The Bertz CT molecular complexity index is 252. The fourth-order valence-corrected chi connectivity index (χ4v) is 2.67. The van der Waals surface area contributed by atoms with Gasteiger partial charge in [0, 0.05) is 0 Å². The zero-order valence-corrected chi connectivity index (χ0v) is 12.4. The third-order valence-electron chi connectivity index (χ3n) is 3.41. The molecule has 1 N–H and O–H groups in total. The van der Waals surface area contributed by atoms with Crippen molar-refractivity contribution in [2.45, 2.75) is 73.1 Å². The van der Waals surface area contributed by atoms with Gasteiger partial charge in [0.2, 0.25) is 0 Å². The lowest BCUT2D eigenvalue weighted by molar-refractivity contribution is 0.168. The maximum Gasteiger partial charge on any atom is 0.0552 e. The van der Waals surface area contributed by atoms with E-state index in [1.54, 1.807) is 0 Å². The highest BCUT2D eigenvalue weighted by atomic mass is 15.0. The van der Waals surface area contributed by atoms with Gasteiger partial charge in [0.1, 0.15) is 0 Å². The van der Waals surface area contributed by atoms with E-state index in [-0.39, 0.29) is 0 Å². The van der Waals surface area contributed by atoms with Gasteiger partial charge in [-0.1, -0.05) is 54.0 Å². The van der Waals surface area contributed by atoms with Gasteiger partial charge in [-0.15, -0.1) is 0 Å². The summed E-state index contributed by atoms with van der Waals surface area (Å²) in [4.78, 5) is 0. The topological polar surface area (TPSA) is 36.2 Å². The zero-order valence-electron chi connectivity index (χ0n) is 12.4. The van der Waals surface area contributed by atoms with Crippen LogP contribution in [0.15, 0.2) is 17.4 Å². The molecule has 0 saturated heterocycles. The SMILES string of the molecule is C=C(CCC(C)(C)CC(C)(C)CCCC)N=N. The third-order valence-corrected chi connectivity index (χ3v) is 3.41. The van der Waals surface area contributed by atoms with Gasteiger partial charge in [-0.3, -0.25) is 0 Å². The fourth-order valence-electron chi connectivity index (χ4n) is 2.67. The molecule has 0 unspecified atom stereocenters. The van der Waals surface area contributed by atoms with Gasteiger partial charge in [-0.05, 0) is 36.5 Å². The summed E-state index contributed by atoms with van der Waals surface area (Å²) in [5.41, 5.74) is 8.34. The van der Waals surface area contributed by atoms with Gasteiger partial charge in [0.05, 0.1) is 5.70 Å². The van der Waals surface area contributed by atoms with E-state index in [2.05, 4.69) is 46.3 Å². The van der Waals surface area contributed by atoms with Gasteiger partial charge in [0.25, 0.3) is 0 Å². The van der Waals surface area contributed by atoms with Crippen molar-refractivity contribution in [1.82, 2.24) is 0 Å². The summed E-state index contributed by atoms with van der Waals surface area (Å²) in [5, 5.41) is 3.39. The first-order valence-electron chi connectivity index (χ1n) is 6.78. The summed E-state index contributed by atoms with van der Waals surface area (Å²) in [6, 6.07) is 0. The molecule has 0 spiro atoms. The number of nitrogens with zero attached hydrogens (tertiary/aromatic N) is 1. The minimum absolute atomic E-state index is 0.310. The number of hydrogen-bond acceptors (Lipinski definition) is 2. The fraction of sp³-hybridized carbons (Fsp3) is 0.867. The first-order chi connectivity index (χ1) is 7.72. The Morgan fingerprint density at radius 2 is 1.65 bits per heavy atom. The molecule has 0 heterocycles.